The van der Waals surface area contributed by atoms with Crippen molar-refractivity contribution >= 4 is 17.5 Å². The third-order valence-electron chi connectivity index (χ3n) is 3.51. The summed E-state index contributed by atoms with van der Waals surface area (Å²) < 4.78 is 11.2. The summed E-state index contributed by atoms with van der Waals surface area (Å²) in [5.41, 5.74) is 1.39. The number of halogens is 1. The lowest BCUT2D eigenvalue weighted by molar-refractivity contribution is 0.0940. The Morgan fingerprint density at radius 3 is 2.25 bits per heavy atom. The highest BCUT2D eigenvalue weighted by atomic mass is 35.5. The van der Waals surface area contributed by atoms with Crippen LogP contribution < -0.4 is 14.8 Å². The molecule has 2 aromatic carbocycles. The van der Waals surface area contributed by atoms with Crippen molar-refractivity contribution in [2.24, 2.45) is 0 Å². The minimum Gasteiger partial charge on any atom is -0.490 e. The van der Waals surface area contributed by atoms with Gasteiger partial charge in [-0.05, 0) is 44.5 Å². The highest BCUT2D eigenvalue weighted by molar-refractivity contribution is 6.31. The number of ether oxygens (including phenoxy) is 2. The van der Waals surface area contributed by atoms with Crippen molar-refractivity contribution in [1.82, 2.24) is 5.32 Å². The molecule has 0 aliphatic heterocycles. The third kappa shape index (κ3) is 4.42. The summed E-state index contributed by atoms with van der Waals surface area (Å²) in [6.07, 6.45) is 0. The van der Waals surface area contributed by atoms with Crippen LogP contribution in [0.4, 0.5) is 0 Å². The van der Waals surface area contributed by atoms with Gasteiger partial charge in [0.1, 0.15) is 0 Å². The number of amides is 1. The van der Waals surface area contributed by atoms with E-state index in [-0.39, 0.29) is 11.9 Å². The Balaban J connectivity index is 2.23. The topological polar surface area (TPSA) is 47.6 Å². The molecule has 0 unspecified atom stereocenters. The van der Waals surface area contributed by atoms with Crippen LogP contribution in [0.2, 0.25) is 5.02 Å². The first kappa shape index (κ1) is 18.1. The average Bonchev–Trinajstić information content (AvgIpc) is 2.58. The van der Waals surface area contributed by atoms with Gasteiger partial charge in [0.05, 0.1) is 19.3 Å². The lowest BCUT2D eigenvalue weighted by atomic mass is 10.1. The zero-order valence-corrected chi connectivity index (χ0v) is 14.9. The predicted molar refractivity (Wildman–Crippen MR) is 96.1 cm³/mol. The minimum atomic E-state index is -0.264. The van der Waals surface area contributed by atoms with Gasteiger partial charge in [-0.3, -0.25) is 4.79 Å². The molecule has 0 spiro atoms. The lowest BCUT2D eigenvalue weighted by Crippen LogP contribution is -2.26. The average molecular weight is 348 g/mol. The van der Waals surface area contributed by atoms with E-state index in [0.29, 0.717) is 35.3 Å². The van der Waals surface area contributed by atoms with E-state index in [1.54, 1.807) is 18.2 Å². The summed E-state index contributed by atoms with van der Waals surface area (Å²) in [6, 6.07) is 12.4. The summed E-state index contributed by atoms with van der Waals surface area (Å²) in [5, 5.41) is 3.48. The van der Waals surface area contributed by atoms with Gasteiger partial charge in [-0.2, -0.15) is 0 Å². The van der Waals surface area contributed by atoms with Gasteiger partial charge in [0, 0.05) is 16.7 Å². The minimum absolute atomic E-state index is 0.147. The van der Waals surface area contributed by atoms with Crippen LogP contribution in [0.1, 0.15) is 42.7 Å². The van der Waals surface area contributed by atoms with Crippen LogP contribution in [0, 0.1) is 0 Å². The lowest BCUT2D eigenvalue weighted by Gasteiger charge is -2.19. The molecule has 0 saturated heterocycles. The molecule has 4 nitrogen and oxygen atoms in total. The van der Waals surface area contributed by atoms with Crippen molar-refractivity contribution in [3.8, 4) is 11.5 Å². The van der Waals surface area contributed by atoms with Crippen LogP contribution in [-0.4, -0.2) is 19.1 Å². The Morgan fingerprint density at radius 2 is 1.67 bits per heavy atom. The van der Waals surface area contributed by atoms with Crippen LogP contribution in [0.5, 0.6) is 11.5 Å². The fourth-order valence-corrected chi connectivity index (χ4v) is 2.68. The van der Waals surface area contributed by atoms with Crippen LogP contribution in [-0.2, 0) is 0 Å². The summed E-state index contributed by atoms with van der Waals surface area (Å²) in [5.74, 6) is 1.08. The number of rotatable bonds is 7. The highest BCUT2D eigenvalue weighted by Gasteiger charge is 2.18. The van der Waals surface area contributed by atoms with Crippen LogP contribution in [0.25, 0.3) is 0 Å². The van der Waals surface area contributed by atoms with Gasteiger partial charge in [-0.1, -0.05) is 29.8 Å². The van der Waals surface area contributed by atoms with Crippen molar-refractivity contribution in [2.45, 2.75) is 26.8 Å². The molecule has 24 heavy (non-hydrogen) atoms. The number of carbonyl (C=O) groups is 1. The quantitative estimate of drug-likeness (QED) is 0.794. The molecule has 0 aliphatic rings. The molecule has 1 N–H and O–H groups in total. The Kier molecular flexibility index (Phi) is 6.50. The number of benzene rings is 2. The second-order valence-electron chi connectivity index (χ2n) is 5.25. The molecule has 0 bridgehead atoms. The molecule has 1 atom stereocenters. The molecular formula is C19H22ClNO3. The molecular weight excluding hydrogens is 326 g/mol. The fraction of sp³-hybridized carbons (Fsp3) is 0.316. The Labute approximate surface area is 147 Å². The van der Waals surface area contributed by atoms with Gasteiger partial charge in [-0.25, -0.2) is 0 Å². The Bertz CT molecular complexity index is 689. The fourth-order valence-electron chi connectivity index (χ4n) is 2.37. The smallest absolute Gasteiger partial charge is 0.251 e. The number of carbonyl (C=O) groups excluding carboxylic acids is 1. The van der Waals surface area contributed by atoms with Gasteiger partial charge in [0.25, 0.3) is 5.91 Å². The molecule has 5 heteroatoms. The maximum Gasteiger partial charge on any atom is 0.251 e. The van der Waals surface area contributed by atoms with E-state index in [1.165, 1.54) is 0 Å². The van der Waals surface area contributed by atoms with E-state index in [2.05, 4.69) is 5.32 Å². The van der Waals surface area contributed by atoms with E-state index in [4.69, 9.17) is 21.1 Å². The molecule has 0 radical (unpaired) electrons. The first-order valence-corrected chi connectivity index (χ1v) is 8.39. The SMILES string of the molecule is CCOc1cc(Cl)c([C@@H](C)NC(=O)c2ccccc2)cc1OCC. The molecule has 2 rings (SSSR count). The normalized spacial score (nSPS) is 11.7. The molecule has 0 heterocycles. The van der Waals surface area contributed by atoms with E-state index in [9.17, 15) is 4.79 Å². The van der Waals surface area contributed by atoms with Gasteiger partial charge >= 0.3 is 0 Å². The summed E-state index contributed by atoms with van der Waals surface area (Å²) in [6.45, 7) is 6.74. The second kappa shape index (κ2) is 8.60. The highest BCUT2D eigenvalue weighted by Crippen LogP contribution is 2.36. The second-order valence-corrected chi connectivity index (χ2v) is 5.65. The molecule has 0 fully saturated rings. The first-order valence-electron chi connectivity index (χ1n) is 8.01. The molecule has 128 valence electrons. The van der Waals surface area contributed by atoms with Gasteiger partial charge in [0.15, 0.2) is 11.5 Å². The van der Waals surface area contributed by atoms with Crippen molar-refractivity contribution in [1.29, 1.82) is 0 Å². The zero-order chi connectivity index (χ0) is 17.5. The number of hydrogen-bond donors (Lipinski definition) is 1. The summed E-state index contributed by atoms with van der Waals surface area (Å²) in [4.78, 5) is 12.3. The van der Waals surface area contributed by atoms with Gasteiger partial charge in [-0.15, -0.1) is 0 Å². The summed E-state index contributed by atoms with van der Waals surface area (Å²) >= 11 is 6.37. The van der Waals surface area contributed by atoms with Crippen molar-refractivity contribution in [2.75, 3.05) is 13.2 Å². The van der Waals surface area contributed by atoms with E-state index in [1.807, 2.05) is 45.0 Å². The van der Waals surface area contributed by atoms with Crippen molar-refractivity contribution in [3.05, 3.63) is 58.6 Å². The standard InChI is InChI=1S/C19H22ClNO3/c1-4-23-17-11-15(16(20)12-18(17)24-5-2)13(3)21-19(22)14-9-7-6-8-10-14/h6-13H,4-5H2,1-3H3,(H,21,22)/t13-/m1/s1. The summed E-state index contributed by atoms with van der Waals surface area (Å²) in [7, 11) is 0. The van der Waals surface area contributed by atoms with Gasteiger partial charge < -0.3 is 14.8 Å². The van der Waals surface area contributed by atoms with Gasteiger partial charge in [0.2, 0.25) is 0 Å². The molecule has 0 aromatic heterocycles. The molecule has 1 amide bonds. The third-order valence-corrected chi connectivity index (χ3v) is 3.84. The molecule has 0 saturated carbocycles. The maximum absolute atomic E-state index is 12.3. The van der Waals surface area contributed by atoms with Crippen molar-refractivity contribution < 1.29 is 14.3 Å². The monoisotopic (exact) mass is 347 g/mol. The maximum atomic E-state index is 12.3. The van der Waals surface area contributed by atoms with Crippen LogP contribution >= 0.6 is 11.6 Å². The van der Waals surface area contributed by atoms with E-state index in [0.717, 1.165) is 5.56 Å². The van der Waals surface area contributed by atoms with E-state index >= 15 is 0 Å². The van der Waals surface area contributed by atoms with Crippen LogP contribution in [0.15, 0.2) is 42.5 Å². The largest absolute Gasteiger partial charge is 0.490 e. The van der Waals surface area contributed by atoms with Crippen LogP contribution in [0.3, 0.4) is 0 Å². The first-order chi connectivity index (χ1) is 11.6. The Hall–Kier alpha value is -2.20. The van der Waals surface area contributed by atoms with Crippen molar-refractivity contribution in [3.63, 3.8) is 0 Å². The number of hydrogen-bond acceptors (Lipinski definition) is 3. The zero-order valence-electron chi connectivity index (χ0n) is 14.1. The molecule has 2 aromatic rings. The number of nitrogens with one attached hydrogen (secondary N) is 1. The Morgan fingerprint density at radius 1 is 1.08 bits per heavy atom. The molecule has 0 aliphatic carbocycles. The predicted octanol–water partition coefficient (Wildman–Crippen LogP) is 4.63. The van der Waals surface area contributed by atoms with E-state index < -0.39 is 0 Å².